The van der Waals surface area contributed by atoms with Crippen LogP contribution in [0.4, 0.5) is 11.4 Å². The number of methoxy groups -OCH3 is 1. The van der Waals surface area contributed by atoms with E-state index in [1.807, 2.05) is 60.7 Å². The molecule has 2 heterocycles. The number of aromatic nitrogens is 1. The van der Waals surface area contributed by atoms with Gasteiger partial charge in [-0.1, -0.05) is 24.3 Å². The number of anilines is 2. The van der Waals surface area contributed by atoms with Gasteiger partial charge in [-0.25, -0.2) is 0 Å². The summed E-state index contributed by atoms with van der Waals surface area (Å²) < 4.78 is 17.2. The van der Waals surface area contributed by atoms with E-state index >= 15 is 0 Å². The number of hydrogen-bond acceptors (Lipinski definition) is 5. The van der Waals surface area contributed by atoms with Gasteiger partial charge < -0.3 is 24.1 Å². The van der Waals surface area contributed by atoms with Gasteiger partial charge in [0.05, 0.1) is 20.3 Å². The standard InChI is InChI=1S/C23H24N2O4/c1-27-20-12-11-19(15-21(20)29-22-10-6-14-28-22)25(18-8-3-2-4-9-18)16-17-7-5-13-24-23(17)26/h2-5,7-9,11-13,15,22H,6,10,14,16H2,1H3,(H,24,26)/t22-/m1/s1. The second-order valence-electron chi connectivity index (χ2n) is 6.84. The highest BCUT2D eigenvalue weighted by Gasteiger charge is 2.21. The molecule has 29 heavy (non-hydrogen) atoms. The lowest BCUT2D eigenvalue weighted by Crippen LogP contribution is -2.22. The second kappa shape index (κ2) is 8.84. The summed E-state index contributed by atoms with van der Waals surface area (Å²) >= 11 is 0. The number of pyridine rings is 1. The zero-order valence-electron chi connectivity index (χ0n) is 16.3. The summed E-state index contributed by atoms with van der Waals surface area (Å²) in [6, 6.07) is 19.4. The van der Waals surface area contributed by atoms with E-state index in [-0.39, 0.29) is 11.8 Å². The zero-order chi connectivity index (χ0) is 20.1. The van der Waals surface area contributed by atoms with Crippen LogP contribution in [0, 0.1) is 0 Å². The minimum Gasteiger partial charge on any atom is -0.493 e. The van der Waals surface area contributed by atoms with Crippen molar-refractivity contribution < 1.29 is 14.2 Å². The van der Waals surface area contributed by atoms with E-state index in [1.54, 1.807) is 13.3 Å². The van der Waals surface area contributed by atoms with Crippen LogP contribution in [0.1, 0.15) is 18.4 Å². The van der Waals surface area contributed by atoms with Crippen molar-refractivity contribution in [1.29, 1.82) is 0 Å². The van der Waals surface area contributed by atoms with Gasteiger partial charge in [0.25, 0.3) is 5.56 Å². The lowest BCUT2D eigenvalue weighted by Gasteiger charge is -2.26. The minimum atomic E-state index is -0.263. The van der Waals surface area contributed by atoms with Gasteiger partial charge in [0.15, 0.2) is 17.8 Å². The molecule has 0 unspecified atom stereocenters. The number of ether oxygens (including phenoxy) is 3. The Labute approximate surface area is 169 Å². The molecule has 0 radical (unpaired) electrons. The van der Waals surface area contributed by atoms with Gasteiger partial charge in [-0.15, -0.1) is 0 Å². The summed E-state index contributed by atoms with van der Waals surface area (Å²) in [5.41, 5.74) is 2.45. The van der Waals surface area contributed by atoms with Crippen molar-refractivity contribution in [2.24, 2.45) is 0 Å². The average Bonchev–Trinajstić information content (AvgIpc) is 3.27. The molecule has 0 bridgehead atoms. The number of benzene rings is 2. The molecule has 0 saturated carbocycles. The molecule has 6 nitrogen and oxygen atoms in total. The number of para-hydroxylation sites is 1. The predicted molar refractivity (Wildman–Crippen MR) is 112 cm³/mol. The van der Waals surface area contributed by atoms with Crippen molar-refractivity contribution >= 4 is 11.4 Å². The van der Waals surface area contributed by atoms with E-state index in [9.17, 15) is 4.79 Å². The Balaban J connectivity index is 1.71. The number of hydrogen-bond donors (Lipinski definition) is 1. The van der Waals surface area contributed by atoms with Crippen LogP contribution in [0.3, 0.4) is 0 Å². The topological polar surface area (TPSA) is 63.8 Å². The van der Waals surface area contributed by atoms with Gasteiger partial charge in [-0.05, 0) is 36.8 Å². The molecule has 0 aliphatic carbocycles. The van der Waals surface area contributed by atoms with Crippen molar-refractivity contribution in [3.05, 3.63) is 82.8 Å². The third-order valence-corrected chi connectivity index (χ3v) is 4.90. The second-order valence-corrected chi connectivity index (χ2v) is 6.84. The normalized spacial score (nSPS) is 15.8. The predicted octanol–water partition coefficient (Wildman–Crippen LogP) is 4.24. The molecule has 4 rings (SSSR count). The number of aromatic amines is 1. The van der Waals surface area contributed by atoms with E-state index in [2.05, 4.69) is 9.88 Å². The van der Waals surface area contributed by atoms with E-state index in [0.717, 1.165) is 24.2 Å². The fraction of sp³-hybridized carbons (Fsp3) is 0.261. The number of nitrogens with zero attached hydrogens (tertiary/aromatic N) is 1. The van der Waals surface area contributed by atoms with E-state index < -0.39 is 0 Å². The lowest BCUT2D eigenvalue weighted by molar-refractivity contribution is -0.0402. The van der Waals surface area contributed by atoms with Crippen LogP contribution in [-0.2, 0) is 11.3 Å². The molecular formula is C23H24N2O4. The number of nitrogens with one attached hydrogen (secondary N) is 1. The molecule has 3 aromatic rings. The Morgan fingerprint density at radius 2 is 1.93 bits per heavy atom. The van der Waals surface area contributed by atoms with Crippen LogP contribution in [-0.4, -0.2) is 25.0 Å². The molecule has 150 valence electrons. The first kappa shape index (κ1) is 19.1. The molecule has 1 atom stereocenters. The third kappa shape index (κ3) is 4.43. The molecule has 1 aliphatic rings. The van der Waals surface area contributed by atoms with Crippen molar-refractivity contribution in [3.63, 3.8) is 0 Å². The average molecular weight is 392 g/mol. The highest BCUT2D eigenvalue weighted by Crippen LogP contribution is 2.36. The first-order valence-corrected chi connectivity index (χ1v) is 9.70. The molecular weight excluding hydrogens is 368 g/mol. The molecule has 1 aromatic heterocycles. The third-order valence-electron chi connectivity index (χ3n) is 4.90. The van der Waals surface area contributed by atoms with Crippen LogP contribution in [0.2, 0.25) is 0 Å². The van der Waals surface area contributed by atoms with E-state index in [4.69, 9.17) is 14.2 Å². The number of H-pyrrole nitrogens is 1. The molecule has 0 spiro atoms. The maximum Gasteiger partial charge on any atom is 0.252 e. The fourth-order valence-electron chi connectivity index (χ4n) is 3.40. The van der Waals surface area contributed by atoms with Crippen LogP contribution >= 0.6 is 0 Å². The largest absolute Gasteiger partial charge is 0.493 e. The van der Waals surface area contributed by atoms with Crippen LogP contribution in [0.5, 0.6) is 11.5 Å². The Kier molecular flexibility index (Phi) is 5.81. The van der Waals surface area contributed by atoms with E-state index in [1.165, 1.54) is 0 Å². The van der Waals surface area contributed by atoms with Gasteiger partial charge in [-0.2, -0.15) is 0 Å². The summed E-state index contributed by atoms with van der Waals surface area (Å²) in [6.45, 7) is 1.13. The van der Waals surface area contributed by atoms with Crippen molar-refractivity contribution in [2.45, 2.75) is 25.7 Å². The quantitative estimate of drug-likeness (QED) is 0.652. The summed E-state index contributed by atoms with van der Waals surface area (Å²) in [4.78, 5) is 17.1. The van der Waals surface area contributed by atoms with Crippen LogP contribution in [0.15, 0.2) is 71.7 Å². The van der Waals surface area contributed by atoms with Crippen molar-refractivity contribution in [2.75, 3.05) is 18.6 Å². The highest BCUT2D eigenvalue weighted by molar-refractivity contribution is 5.66. The monoisotopic (exact) mass is 392 g/mol. The lowest BCUT2D eigenvalue weighted by atomic mass is 10.1. The molecule has 2 aromatic carbocycles. The van der Waals surface area contributed by atoms with E-state index in [0.29, 0.717) is 30.2 Å². The van der Waals surface area contributed by atoms with Crippen LogP contribution < -0.4 is 19.9 Å². The van der Waals surface area contributed by atoms with Crippen molar-refractivity contribution in [1.82, 2.24) is 4.98 Å². The van der Waals surface area contributed by atoms with Gasteiger partial charge in [-0.3, -0.25) is 4.79 Å². The molecule has 1 saturated heterocycles. The fourth-order valence-corrected chi connectivity index (χ4v) is 3.40. The summed E-state index contributed by atoms with van der Waals surface area (Å²) in [6.07, 6.45) is 3.22. The first-order valence-electron chi connectivity index (χ1n) is 9.70. The molecule has 1 fully saturated rings. The molecule has 1 N–H and O–H groups in total. The smallest absolute Gasteiger partial charge is 0.252 e. The first-order chi connectivity index (χ1) is 14.2. The summed E-state index contributed by atoms with van der Waals surface area (Å²) in [5.74, 6) is 1.27. The highest BCUT2D eigenvalue weighted by atomic mass is 16.7. The maximum absolute atomic E-state index is 12.3. The van der Waals surface area contributed by atoms with Gasteiger partial charge in [0.1, 0.15) is 0 Å². The molecule has 0 amide bonds. The Morgan fingerprint density at radius 3 is 2.66 bits per heavy atom. The van der Waals surface area contributed by atoms with Gasteiger partial charge >= 0.3 is 0 Å². The zero-order valence-corrected chi connectivity index (χ0v) is 16.3. The molecule has 6 heteroatoms. The Bertz CT molecular complexity index is 997. The Hall–Kier alpha value is -3.25. The molecule has 1 aliphatic heterocycles. The van der Waals surface area contributed by atoms with Crippen molar-refractivity contribution in [3.8, 4) is 11.5 Å². The van der Waals surface area contributed by atoms with Gasteiger partial charge in [0, 0.05) is 35.6 Å². The SMILES string of the molecule is COc1ccc(N(Cc2ccc[nH]c2=O)c2ccccc2)cc1O[C@@H]1CCCO1. The number of rotatable bonds is 7. The van der Waals surface area contributed by atoms with Crippen LogP contribution in [0.25, 0.3) is 0 Å². The van der Waals surface area contributed by atoms with Gasteiger partial charge in [0.2, 0.25) is 0 Å². The summed E-state index contributed by atoms with van der Waals surface area (Å²) in [7, 11) is 1.62. The maximum atomic E-state index is 12.3. The Morgan fingerprint density at radius 1 is 1.07 bits per heavy atom. The summed E-state index contributed by atoms with van der Waals surface area (Å²) in [5, 5.41) is 0. The minimum absolute atomic E-state index is 0.0993.